The topological polar surface area (TPSA) is 130 Å². The molecule has 0 saturated carbocycles. The molecule has 0 radical (unpaired) electrons. The van der Waals surface area contributed by atoms with Gasteiger partial charge in [-0.05, 0) is 49.1 Å². The molecule has 40 heavy (non-hydrogen) atoms. The molecule has 0 unspecified atom stereocenters. The van der Waals surface area contributed by atoms with Crippen molar-refractivity contribution < 1.29 is 22.9 Å². The van der Waals surface area contributed by atoms with Gasteiger partial charge in [-0.15, -0.1) is 0 Å². The first-order chi connectivity index (χ1) is 19.0. The minimum atomic E-state index is -4.23. The van der Waals surface area contributed by atoms with Crippen LogP contribution in [-0.4, -0.2) is 55.7 Å². The molecule has 10 nitrogen and oxygen atoms in total. The van der Waals surface area contributed by atoms with Gasteiger partial charge in [-0.3, -0.25) is 24.0 Å². The predicted octanol–water partition coefficient (Wildman–Crippen LogP) is 4.02. The molecule has 1 N–H and O–H groups in total. The van der Waals surface area contributed by atoms with Gasteiger partial charge in [-0.2, -0.15) is 0 Å². The van der Waals surface area contributed by atoms with Crippen LogP contribution in [0.25, 0.3) is 0 Å². The predicted molar refractivity (Wildman–Crippen MR) is 153 cm³/mol. The molecule has 3 aromatic carbocycles. The number of non-ortho nitro benzene ring substituents is 1. The summed E-state index contributed by atoms with van der Waals surface area (Å²) in [5, 5.41) is 14.0. The number of anilines is 1. The maximum atomic E-state index is 13.8. The molecule has 0 aliphatic heterocycles. The molecule has 0 spiro atoms. The van der Waals surface area contributed by atoms with Crippen molar-refractivity contribution in [1.82, 2.24) is 10.2 Å². The molecular weight excluding hydrogens is 532 g/mol. The van der Waals surface area contributed by atoms with Crippen LogP contribution in [0.3, 0.4) is 0 Å². The first-order valence-corrected chi connectivity index (χ1v) is 14.4. The Labute approximate surface area is 234 Å². The molecule has 3 aromatic rings. The lowest BCUT2D eigenvalue weighted by atomic mass is 10.1. The second-order valence-corrected chi connectivity index (χ2v) is 11.6. The molecule has 11 heteroatoms. The Balaban J connectivity index is 1.97. The standard InChI is InChI=1S/C29H34N4O6S/c1-22(2)20-30-29(35)23(3)31(19-18-24-10-6-4-7-11-24)28(34)21-32(25-14-16-26(17-15-25)33(36)37)40(38,39)27-12-8-5-9-13-27/h4-17,22-23H,18-21H2,1-3H3,(H,30,35)/t23-/m1/s1. The molecule has 2 amide bonds. The fourth-order valence-corrected chi connectivity index (χ4v) is 5.45. The SMILES string of the molecule is CC(C)CNC(=O)[C@@H](C)N(CCc1ccccc1)C(=O)CN(c1ccc([N+](=O)[O-])cc1)S(=O)(=O)c1ccccc1. The molecule has 0 heterocycles. The van der Waals surface area contributed by atoms with E-state index >= 15 is 0 Å². The number of nitrogens with one attached hydrogen (secondary N) is 1. The van der Waals surface area contributed by atoms with Gasteiger partial charge in [0.05, 0.1) is 15.5 Å². The zero-order valence-electron chi connectivity index (χ0n) is 22.8. The lowest BCUT2D eigenvalue weighted by Crippen LogP contribution is -2.52. The van der Waals surface area contributed by atoms with E-state index in [0.29, 0.717) is 13.0 Å². The van der Waals surface area contributed by atoms with Gasteiger partial charge in [-0.25, -0.2) is 8.42 Å². The smallest absolute Gasteiger partial charge is 0.269 e. The molecule has 3 rings (SSSR count). The van der Waals surface area contributed by atoms with Gasteiger partial charge in [0.2, 0.25) is 11.8 Å². The largest absolute Gasteiger partial charge is 0.354 e. The zero-order chi connectivity index (χ0) is 29.3. The van der Waals surface area contributed by atoms with Crippen molar-refractivity contribution in [3.8, 4) is 0 Å². The maximum Gasteiger partial charge on any atom is 0.269 e. The highest BCUT2D eigenvalue weighted by atomic mass is 32.2. The van der Waals surface area contributed by atoms with Gasteiger partial charge in [0.25, 0.3) is 15.7 Å². The quantitative estimate of drug-likeness (QED) is 0.246. The molecule has 0 fully saturated rings. The third kappa shape index (κ3) is 7.89. The van der Waals surface area contributed by atoms with Gasteiger partial charge in [0.15, 0.2) is 0 Å². The Morgan fingerprint density at radius 1 is 0.900 bits per heavy atom. The Kier molecular flexibility index (Phi) is 10.4. The third-order valence-corrected chi connectivity index (χ3v) is 8.08. The summed E-state index contributed by atoms with van der Waals surface area (Å²) in [6, 6.07) is 21.2. The lowest BCUT2D eigenvalue weighted by Gasteiger charge is -2.32. The number of nitro groups is 1. The normalized spacial score (nSPS) is 12.0. The van der Waals surface area contributed by atoms with Crippen LogP contribution in [0.1, 0.15) is 26.3 Å². The van der Waals surface area contributed by atoms with E-state index in [2.05, 4.69) is 5.32 Å². The molecule has 0 bridgehead atoms. The molecule has 212 valence electrons. The second kappa shape index (κ2) is 13.7. The van der Waals surface area contributed by atoms with Crippen molar-refractivity contribution in [1.29, 1.82) is 0 Å². The van der Waals surface area contributed by atoms with Crippen LogP contribution in [0.15, 0.2) is 89.8 Å². The molecule has 0 saturated heterocycles. The minimum absolute atomic E-state index is 0.0419. The summed E-state index contributed by atoms with van der Waals surface area (Å²) < 4.78 is 28.3. The van der Waals surface area contributed by atoms with E-state index in [0.717, 1.165) is 9.87 Å². The van der Waals surface area contributed by atoms with E-state index in [1.54, 1.807) is 25.1 Å². The highest BCUT2D eigenvalue weighted by molar-refractivity contribution is 7.92. The van der Waals surface area contributed by atoms with Crippen molar-refractivity contribution in [3.63, 3.8) is 0 Å². The Morgan fingerprint density at radius 2 is 1.48 bits per heavy atom. The van der Waals surface area contributed by atoms with Crippen LogP contribution < -0.4 is 9.62 Å². The number of nitro benzene ring substituents is 1. The number of carbonyl (C=O) groups excluding carboxylic acids is 2. The zero-order valence-corrected chi connectivity index (χ0v) is 23.6. The van der Waals surface area contributed by atoms with E-state index in [1.165, 1.54) is 41.3 Å². The van der Waals surface area contributed by atoms with E-state index in [9.17, 15) is 28.1 Å². The summed E-state index contributed by atoms with van der Waals surface area (Å²) in [6.45, 7) is 5.53. The second-order valence-electron chi connectivity index (χ2n) is 9.74. The Bertz CT molecular complexity index is 1400. The van der Waals surface area contributed by atoms with Crippen LogP contribution in [0.2, 0.25) is 0 Å². The Morgan fingerprint density at radius 3 is 2.02 bits per heavy atom. The van der Waals surface area contributed by atoms with Crippen LogP contribution in [0, 0.1) is 16.0 Å². The number of hydrogen-bond acceptors (Lipinski definition) is 6. The van der Waals surface area contributed by atoms with Gasteiger partial charge >= 0.3 is 0 Å². The van der Waals surface area contributed by atoms with Crippen molar-refractivity contribution in [3.05, 3.63) is 101 Å². The molecule has 0 aliphatic rings. The number of hydrogen-bond donors (Lipinski definition) is 1. The first kappa shape index (κ1) is 30.3. The van der Waals surface area contributed by atoms with Crippen LogP contribution in [-0.2, 0) is 26.0 Å². The highest BCUT2D eigenvalue weighted by Gasteiger charge is 2.32. The average Bonchev–Trinajstić information content (AvgIpc) is 2.95. The van der Waals surface area contributed by atoms with E-state index in [1.807, 2.05) is 44.2 Å². The van der Waals surface area contributed by atoms with Crippen LogP contribution in [0.4, 0.5) is 11.4 Å². The van der Waals surface area contributed by atoms with Crippen molar-refractivity contribution >= 4 is 33.2 Å². The fraction of sp³-hybridized carbons (Fsp3) is 0.310. The van der Waals surface area contributed by atoms with Crippen molar-refractivity contribution in [2.75, 3.05) is 23.9 Å². The highest BCUT2D eigenvalue weighted by Crippen LogP contribution is 2.26. The fourth-order valence-electron chi connectivity index (χ4n) is 4.01. The molecule has 0 aromatic heterocycles. The maximum absolute atomic E-state index is 13.8. The average molecular weight is 567 g/mol. The number of amides is 2. The summed E-state index contributed by atoms with van der Waals surface area (Å²) in [5.41, 5.74) is 0.828. The number of sulfonamides is 1. The van der Waals surface area contributed by atoms with E-state index in [-0.39, 0.29) is 34.6 Å². The molecule has 1 atom stereocenters. The third-order valence-electron chi connectivity index (χ3n) is 6.29. The summed E-state index contributed by atoms with van der Waals surface area (Å²) in [6.07, 6.45) is 0.456. The summed E-state index contributed by atoms with van der Waals surface area (Å²) in [7, 11) is -4.23. The monoisotopic (exact) mass is 566 g/mol. The summed E-state index contributed by atoms with van der Waals surface area (Å²) >= 11 is 0. The van der Waals surface area contributed by atoms with Gasteiger partial charge in [0.1, 0.15) is 12.6 Å². The molecule has 0 aliphatic carbocycles. The van der Waals surface area contributed by atoms with Crippen LogP contribution in [0.5, 0.6) is 0 Å². The lowest BCUT2D eigenvalue weighted by molar-refractivity contribution is -0.384. The number of rotatable bonds is 13. The van der Waals surface area contributed by atoms with E-state index in [4.69, 9.17) is 0 Å². The van der Waals surface area contributed by atoms with E-state index < -0.39 is 33.4 Å². The van der Waals surface area contributed by atoms with Gasteiger partial charge < -0.3 is 10.2 Å². The first-order valence-electron chi connectivity index (χ1n) is 12.9. The Hall–Kier alpha value is -4.25. The van der Waals surface area contributed by atoms with Crippen molar-refractivity contribution in [2.24, 2.45) is 5.92 Å². The summed E-state index contributed by atoms with van der Waals surface area (Å²) in [5.74, 6) is -0.720. The number of carbonyl (C=O) groups is 2. The van der Waals surface area contributed by atoms with Gasteiger partial charge in [-0.1, -0.05) is 62.4 Å². The van der Waals surface area contributed by atoms with Crippen molar-refractivity contribution in [2.45, 2.75) is 38.1 Å². The van der Waals surface area contributed by atoms with Crippen LogP contribution >= 0.6 is 0 Å². The summed E-state index contributed by atoms with van der Waals surface area (Å²) in [4.78, 5) is 38.7. The van der Waals surface area contributed by atoms with Gasteiger partial charge in [0, 0.05) is 25.2 Å². The number of benzene rings is 3. The molecular formula is C29H34N4O6S. The number of nitrogens with zero attached hydrogens (tertiary/aromatic N) is 3. The minimum Gasteiger partial charge on any atom is -0.354 e.